The largest absolute Gasteiger partial charge is 0.383 e. The Morgan fingerprint density at radius 2 is 2.11 bits per heavy atom. The molecule has 0 aliphatic carbocycles. The molecule has 0 amide bonds. The van der Waals surface area contributed by atoms with Crippen LogP contribution >= 0.6 is 0 Å². The zero-order valence-electron chi connectivity index (χ0n) is 10.4. The van der Waals surface area contributed by atoms with Crippen molar-refractivity contribution in [3.63, 3.8) is 0 Å². The van der Waals surface area contributed by atoms with Gasteiger partial charge in [0.25, 0.3) is 5.69 Å². The molecule has 18 heavy (non-hydrogen) atoms. The van der Waals surface area contributed by atoms with Gasteiger partial charge in [0.1, 0.15) is 5.82 Å². The van der Waals surface area contributed by atoms with Crippen LogP contribution in [0.1, 0.15) is 24.5 Å². The standard InChI is InChI=1S/C13H15N3O2/c1-3-4-9-6-10-7-11(16(17)18)5-8(2)12(10)15-13(9)14/h5-7H,3-4H2,1-2H3,(H2,14,15). The molecule has 2 N–H and O–H groups in total. The van der Waals surface area contributed by atoms with Crippen molar-refractivity contribution in [2.45, 2.75) is 26.7 Å². The maximum atomic E-state index is 10.8. The van der Waals surface area contributed by atoms with E-state index in [-0.39, 0.29) is 10.6 Å². The molecule has 1 aromatic heterocycles. The van der Waals surface area contributed by atoms with E-state index in [4.69, 9.17) is 5.73 Å². The van der Waals surface area contributed by atoms with Crippen molar-refractivity contribution in [3.8, 4) is 0 Å². The fraction of sp³-hybridized carbons (Fsp3) is 0.308. The van der Waals surface area contributed by atoms with Gasteiger partial charge in [-0.15, -0.1) is 0 Å². The Balaban J connectivity index is 2.69. The summed E-state index contributed by atoms with van der Waals surface area (Å²) in [5, 5.41) is 11.6. The van der Waals surface area contributed by atoms with E-state index in [1.807, 2.05) is 6.07 Å². The first kappa shape index (κ1) is 12.3. The highest BCUT2D eigenvalue weighted by molar-refractivity contribution is 5.86. The molecule has 0 aliphatic heterocycles. The van der Waals surface area contributed by atoms with Crippen molar-refractivity contribution in [1.82, 2.24) is 4.98 Å². The first-order chi connectivity index (χ1) is 8.52. The monoisotopic (exact) mass is 245 g/mol. The Kier molecular flexibility index (Phi) is 3.14. The third-order valence-electron chi connectivity index (χ3n) is 2.94. The predicted octanol–water partition coefficient (Wildman–Crippen LogP) is 2.99. The molecule has 0 atom stereocenters. The minimum absolute atomic E-state index is 0.0917. The number of fused-ring (bicyclic) bond motifs is 1. The third-order valence-corrected chi connectivity index (χ3v) is 2.94. The lowest BCUT2D eigenvalue weighted by Crippen LogP contribution is -2.00. The minimum atomic E-state index is -0.387. The van der Waals surface area contributed by atoms with E-state index in [2.05, 4.69) is 11.9 Å². The van der Waals surface area contributed by atoms with Crippen LogP contribution in [0.3, 0.4) is 0 Å². The number of nitro benzene ring substituents is 1. The van der Waals surface area contributed by atoms with Gasteiger partial charge in [0.15, 0.2) is 0 Å². The van der Waals surface area contributed by atoms with Gasteiger partial charge in [-0.3, -0.25) is 10.1 Å². The summed E-state index contributed by atoms with van der Waals surface area (Å²) < 4.78 is 0. The third kappa shape index (κ3) is 2.11. The lowest BCUT2D eigenvalue weighted by atomic mass is 10.0. The fourth-order valence-corrected chi connectivity index (χ4v) is 2.08. The summed E-state index contributed by atoms with van der Waals surface area (Å²) in [7, 11) is 0. The molecule has 0 radical (unpaired) electrons. The number of aryl methyl sites for hydroxylation is 2. The number of anilines is 1. The quantitative estimate of drug-likeness (QED) is 0.665. The summed E-state index contributed by atoms with van der Waals surface area (Å²) in [6.45, 7) is 3.86. The Hall–Kier alpha value is -2.17. The van der Waals surface area contributed by atoms with Crippen molar-refractivity contribution < 1.29 is 4.92 Å². The number of rotatable bonds is 3. The molecule has 1 heterocycles. The second-order valence-corrected chi connectivity index (χ2v) is 4.37. The summed E-state index contributed by atoms with van der Waals surface area (Å²) in [6, 6.07) is 4.98. The van der Waals surface area contributed by atoms with Crippen LogP contribution in [0.15, 0.2) is 18.2 Å². The van der Waals surface area contributed by atoms with Crippen LogP contribution in [-0.2, 0) is 6.42 Å². The highest BCUT2D eigenvalue weighted by Gasteiger charge is 2.12. The van der Waals surface area contributed by atoms with Crippen LogP contribution in [0.4, 0.5) is 11.5 Å². The summed E-state index contributed by atoms with van der Waals surface area (Å²) in [4.78, 5) is 14.8. The number of pyridine rings is 1. The molecule has 5 nitrogen and oxygen atoms in total. The second kappa shape index (κ2) is 4.60. The van der Waals surface area contributed by atoms with Crippen molar-refractivity contribution in [3.05, 3.63) is 39.4 Å². The van der Waals surface area contributed by atoms with Gasteiger partial charge in [0.05, 0.1) is 10.4 Å². The molecule has 94 valence electrons. The predicted molar refractivity (Wildman–Crippen MR) is 71.5 cm³/mol. The zero-order chi connectivity index (χ0) is 13.3. The number of nitrogens with zero attached hydrogens (tertiary/aromatic N) is 2. The van der Waals surface area contributed by atoms with Gasteiger partial charge >= 0.3 is 0 Å². The summed E-state index contributed by atoms with van der Waals surface area (Å²) in [5.74, 6) is 0.515. The first-order valence-corrected chi connectivity index (χ1v) is 5.87. The number of non-ortho nitro benzene ring substituents is 1. The number of benzene rings is 1. The number of nitrogen functional groups attached to an aromatic ring is 1. The van der Waals surface area contributed by atoms with Gasteiger partial charge in [-0.25, -0.2) is 4.98 Å². The number of hydrogen-bond donors (Lipinski definition) is 1. The lowest BCUT2D eigenvalue weighted by Gasteiger charge is -2.08. The van der Waals surface area contributed by atoms with Crippen molar-refractivity contribution >= 4 is 22.4 Å². The van der Waals surface area contributed by atoms with Crippen LogP contribution < -0.4 is 5.73 Å². The van der Waals surface area contributed by atoms with E-state index in [1.165, 1.54) is 6.07 Å². The molecular formula is C13H15N3O2. The number of nitro groups is 1. The van der Waals surface area contributed by atoms with E-state index in [9.17, 15) is 10.1 Å². The SMILES string of the molecule is CCCc1cc2cc([N+](=O)[O-])cc(C)c2nc1N. The smallest absolute Gasteiger partial charge is 0.270 e. The van der Waals surface area contributed by atoms with Crippen LogP contribution in [0.25, 0.3) is 10.9 Å². The number of hydrogen-bond acceptors (Lipinski definition) is 4. The molecule has 0 saturated carbocycles. The summed E-state index contributed by atoms with van der Waals surface area (Å²) in [6.07, 6.45) is 1.79. The van der Waals surface area contributed by atoms with Gasteiger partial charge in [0.2, 0.25) is 0 Å². The van der Waals surface area contributed by atoms with Gasteiger partial charge in [-0.2, -0.15) is 0 Å². The Bertz CT molecular complexity index is 623. The summed E-state index contributed by atoms with van der Waals surface area (Å²) >= 11 is 0. The first-order valence-electron chi connectivity index (χ1n) is 5.87. The fourth-order valence-electron chi connectivity index (χ4n) is 2.08. The van der Waals surface area contributed by atoms with Crippen LogP contribution in [-0.4, -0.2) is 9.91 Å². The average Bonchev–Trinajstić information content (AvgIpc) is 2.31. The van der Waals surface area contributed by atoms with E-state index >= 15 is 0 Å². The molecular weight excluding hydrogens is 230 g/mol. The van der Waals surface area contributed by atoms with Crippen LogP contribution in [0.2, 0.25) is 0 Å². The maximum Gasteiger partial charge on any atom is 0.270 e. The maximum absolute atomic E-state index is 10.8. The van der Waals surface area contributed by atoms with E-state index in [0.717, 1.165) is 34.9 Å². The molecule has 0 spiro atoms. The van der Waals surface area contributed by atoms with Gasteiger partial charge < -0.3 is 5.73 Å². The van der Waals surface area contributed by atoms with Gasteiger partial charge in [-0.1, -0.05) is 13.3 Å². The van der Waals surface area contributed by atoms with Gasteiger partial charge in [0, 0.05) is 17.5 Å². The molecule has 2 aromatic rings. The zero-order valence-corrected chi connectivity index (χ0v) is 10.4. The molecule has 0 aliphatic rings. The van der Waals surface area contributed by atoms with Crippen LogP contribution in [0.5, 0.6) is 0 Å². The minimum Gasteiger partial charge on any atom is -0.383 e. The van der Waals surface area contributed by atoms with Crippen LogP contribution in [0, 0.1) is 17.0 Å². The van der Waals surface area contributed by atoms with Crippen molar-refractivity contribution in [2.24, 2.45) is 0 Å². The average molecular weight is 245 g/mol. The van der Waals surface area contributed by atoms with Crippen molar-refractivity contribution in [1.29, 1.82) is 0 Å². The topological polar surface area (TPSA) is 82.0 Å². The highest BCUT2D eigenvalue weighted by atomic mass is 16.6. The summed E-state index contributed by atoms with van der Waals surface area (Å²) in [5.41, 5.74) is 8.44. The molecule has 0 bridgehead atoms. The number of nitrogens with two attached hydrogens (primary N) is 1. The normalized spacial score (nSPS) is 10.8. The van der Waals surface area contributed by atoms with E-state index in [1.54, 1.807) is 13.0 Å². The Morgan fingerprint density at radius 1 is 1.39 bits per heavy atom. The number of aromatic nitrogens is 1. The lowest BCUT2D eigenvalue weighted by molar-refractivity contribution is -0.384. The second-order valence-electron chi connectivity index (χ2n) is 4.37. The molecule has 0 unspecified atom stereocenters. The molecule has 0 saturated heterocycles. The van der Waals surface area contributed by atoms with E-state index in [0.29, 0.717) is 5.82 Å². The van der Waals surface area contributed by atoms with E-state index < -0.39 is 0 Å². The molecule has 1 aromatic carbocycles. The molecule has 0 fully saturated rings. The van der Waals surface area contributed by atoms with Crippen molar-refractivity contribution in [2.75, 3.05) is 5.73 Å². The van der Waals surface area contributed by atoms with Gasteiger partial charge in [-0.05, 0) is 30.5 Å². The Labute approximate surface area is 105 Å². The Morgan fingerprint density at radius 3 is 2.72 bits per heavy atom. The molecule has 2 rings (SSSR count). The molecule has 5 heteroatoms. The highest BCUT2D eigenvalue weighted by Crippen LogP contribution is 2.26.